The first-order valence-electron chi connectivity index (χ1n) is 4.48. The summed E-state index contributed by atoms with van der Waals surface area (Å²) in [5, 5.41) is 8.71. The van der Waals surface area contributed by atoms with Crippen molar-refractivity contribution in [2.24, 2.45) is 0 Å². The molecule has 1 rings (SSSR count). The lowest BCUT2D eigenvalue weighted by molar-refractivity contribution is -0.154. The van der Waals surface area contributed by atoms with Gasteiger partial charge in [0, 0.05) is 5.56 Å². The summed E-state index contributed by atoms with van der Waals surface area (Å²) in [5.74, 6) is -1.17. The molecule has 0 aromatic heterocycles. The maximum Gasteiger partial charge on any atom is 0.363 e. The average Bonchev–Trinajstić information content (AvgIpc) is 2.29. The highest BCUT2D eigenvalue weighted by atomic mass is 19.1. The van der Waals surface area contributed by atoms with E-state index in [1.807, 2.05) is 0 Å². The molecule has 0 radical (unpaired) electrons. The molecule has 0 saturated carbocycles. The number of hydrogen-bond acceptors (Lipinski definition) is 3. The second kappa shape index (κ2) is 4.56. The first-order valence-corrected chi connectivity index (χ1v) is 4.48. The van der Waals surface area contributed by atoms with Crippen LogP contribution in [0.25, 0.3) is 0 Å². The Morgan fingerprint density at radius 2 is 2.13 bits per heavy atom. The van der Waals surface area contributed by atoms with Crippen LogP contribution in [0.4, 0.5) is 4.39 Å². The van der Waals surface area contributed by atoms with Gasteiger partial charge in [-0.1, -0.05) is 30.3 Å². The molecule has 78 valence electrons. The molecule has 15 heavy (non-hydrogen) atoms. The standard InChI is InChI=1S/C11H10FNO2/c1-2-15-10(14)11(12,8-13)9-6-4-3-5-7-9/h3-7H,2H2,1H3. The van der Waals surface area contributed by atoms with Crippen LogP contribution >= 0.6 is 0 Å². The molecule has 0 fully saturated rings. The number of carbonyl (C=O) groups excluding carboxylic acids is 1. The molecule has 3 nitrogen and oxygen atoms in total. The summed E-state index contributed by atoms with van der Waals surface area (Å²) in [6.07, 6.45) is 0. The van der Waals surface area contributed by atoms with E-state index in [1.54, 1.807) is 25.1 Å². The van der Waals surface area contributed by atoms with Gasteiger partial charge < -0.3 is 4.74 Å². The summed E-state index contributed by atoms with van der Waals surface area (Å²) in [6, 6.07) is 8.87. The van der Waals surface area contributed by atoms with E-state index in [-0.39, 0.29) is 12.2 Å². The van der Waals surface area contributed by atoms with E-state index in [0.717, 1.165) is 0 Å². The SMILES string of the molecule is CCOC(=O)C(F)(C#N)c1ccccc1. The van der Waals surface area contributed by atoms with Crippen LogP contribution in [0, 0.1) is 11.3 Å². The lowest BCUT2D eigenvalue weighted by Crippen LogP contribution is -2.31. The van der Waals surface area contributed by atoms with E-state index in [4.69, 9.17) is 5.26 Å². The lowest BCUT2D eigenvalue weighted by atomic mass is 9.98. The van der Waals surface area contributed by atoms with Crippen molar-refractivity contribution in [2.75, 3.05) is 6.61 Å². The molecule has 4 heteroatoms. The van der Waals surface area contributed by atoms with Gasteiger partial charge in [0.05, 0.1) is 6.61 Å². The largest absolute Gasteiger partial charge is 0.463 e. The molecule has 0 bridgehead atoms. The van der Waals surface area contributed by atoms with Gasteiger partial charge in [0.25, 0.3) is 0 Å². The van der Waals surface area contributed by atoms with Crippen LogP contribution < -0.4 is 0 Å². The van der Waals surface area contributed by atoms with E-state index in [0.29, 0.717) is 0 Å². The Bertz CT molecular complexity index is 385. The van der Waals surface area contributed by atoms with Crippen molar-refractivity contribution in [1.29, 1.82) is 5.26 Å². The Morgan fingerprint density at radius 1 is 1.53 bits per heavy atom. The third-order valence-electron chi connectivity index (χ3n) is 1.88. The Labute approximate surface area is 87.1 Å². The fourth-order valence-electron chi connectivity index (χ4n) is 1.13. The average molecular weight is 207 g/mol. The van der Waals surface area contributed by atoms with Crippen molar-refractivity contribution in [2.45, 2.75) is 12.6 Å². The highest BCUT2D eigenvalue weighted by Crippen LogP contribution is 2.26. The van der Waals surface area contributed by atoms with Crippen molar-refractivity contribution < 1.29 is 13.9 Å². The molecule has 0 heterocycles. The molecule has 0 saturated heterocycles. The van der Waals surface area contributed by atoms with Gasteiger partial charge in [-0.05, 0) is 6.92 Å². The maximum atomic E-state index is 14.0. The number of esters is 1. The van der Waals surface area contributed by atoms with E-state index >= 15 is 0 Å². The molecule has 1 unspecified atom stereocenters. The van der Waals surface area contributed by atoms with Crippen LogP contribution in [0.2, 0.25) is 0 Å². The normalized spacial score (nSPS) is 13.7. The fraction of sp³-hybridized carbons (Fsp3) is 0.273. The van der Waals surface area contributed by atoms with Gasteiger partial charge in [0.2, 0.25) is 0 Å². The van der Waals surface area contributed by atoms with Crippen LogP contribution in [0.3, 0.4) is 0 Å². The second-order valence-corrected chi connectivity index (χ2v) is 2.86. The zero-order valence-corrected chi connectivity index (χ0v) is 8.24. The Hall–Kier alpha value is -1.89. The number of benzene rings is 1. The molecule has 0 N–H and O–H groups in total. The van der Waals surface area contributed by atoms with Crippen molar-refractivity contribution in [3.8, 4) is 6.07 Å². The van der Waals surface area contributed by atoms with Gasteiger partial charge in [-0.3, -0.25) is 0 Å². The quantitative estimate of drug-likeness (QED) is 0.711. The molecule has 0 aliphatic rings. The van der Waals surface area contributed by atoms with Crippen LogP contribution in [0.15, 0.2) is 30.3 Å². The van der Waals surface area contributed by atoms with Gasteiger partial charge in [0.1, 0.15) is 6.07 Å². The number of alkyl halides is 1. The summed E-state index contributed by atoms with van der Waals surface area (Å²) in [7, 11) is 0. The highest BCUT2D eigenvalue weighted by Gasteiger charge is 2.42. The Morgan fingerprint density at radius 3 is 2.60 bits per heavy atom. The van der Waals surface area contributed by atoms with Crippen molar-refractivity contribution in [3.63, 3.8) is 0 Å². The number of halogens is 1. The number of carbonyl (C=O) groups is 1. The van der Waals surface area contributed by atoms with Gasteiger partial charge in [-0.25, -0.2) is 9.18 Å². The number of nitriles is 1. The number of hydrogen-bond donors (Lipinski definition) is 0. The minimum absolute atomic E-state index is 0.00838. The van der Waals surface area contributed by atoms with Gasteiger partial charge in [-0.15, -0.1) is 0 Å². The van der Waals surface area contributed by atoms with Crippen LogP contribution in [0.1, 0.15) is 12.5 Å². The van der Waals surface area contributed by atoms with E-state index in [1.165, 1.54) is 18.2 Å². The lowest BCUT2D eigenvalue weighted by Gasteiger charge is -2.15. The highest BCUT2D eigenvalue weighted by molar-refractivity contribution is 5.84. The zero-order valence-electron chi connectivity index (χ0n) is 8.24. The van der Waals surface area contributed by atoms with Gasteiger partial charge >= 0.3 is 11.6 Å². The number of rotatable bonds is 3. The fourth-order valence-corrected chi connectivity index (χ4v) is 1.13. The summed E-state index contributed by atoms with van der Waals surface area (Å²) < 4.78 is 18.5. The molecule has 1 atom stereocenters. The van der Waals surface area contributed by atoms with Gasteiger partial charge in [-0.2, -0.15) is 5.26 Å². The van der Waals surface area contributed by atoms with Crippen LogP contribution in [-0.2, 0) is 15.2 Å². The molecular weight excluding hydrogens is 197 g/mol. The van der Waals surface area contributed by atoms with Crippen molar-refractivity contribution in [3.05, 3.63) is 35.9 Å². The molecular formula is C11H10FNO2. The third kappa shape index (κ3) is 2.13. The summed E-state index contributed by atoms with van der Waals surface area (Å²) in [5.41, 5.74) is -2.72. The second-order valence-electron chi connectivity index (χ2n) is 2.86. The monoisotopic (exact) mass is 207 g/mol. The predicted molar refractivity (Wildman–Crippen MR) is 51.5 cm³/mol. The van der Waals surface area contributed by atoms with Crippen LogP contribution in [0.5, 0.6) is 0 Å². The number of ether oxygens (including phenoxy) is 1. The van der Waals surface area contributed by atoms with Crippen LogP contribution in [-0.4, -0.2) is 12.6 Å². The topological polar surface area (TPSA) is 50.1 Å². The van der Waals surface area contributed by atoms with E-state index in [9.17, 15) is 9.18 Å². The molecule has 1 aromatic rings. The molecule has 0 aliphatic heterocycles. The summed E-state index contributed by atoms with van der Waals surface area (Å²) in [4.78, 5) is 11.3. The minimum Gasteiger partial charge on any atom is -0.463 e. The molecule has 0 aliphatic carbocycles. The Kier molecular flexibility index (Phi) is 3.40. The molecule has 0 amide bonds. The maximum absolute atomic E-state index is 14.0. The van der Waals surface area contributed by atoms with E-state index in [2.05, 4.69) is 4.74 Å². The smallest absolute Gasteiger partial charge is 0.363 e. The predicted octanol–water partition coefficient (Wildman–Crippen LogP) is 1.94. The van der Waals surface area contributed by atoms with Gasteiger partial charge in [0.15, 0.2) is 0 Å². The zero-order chi connectivity index (χ0) is 11.3. The summed E-state index contributed by atoms with van der Waals surface area (Å²) in [6.45, 7) is 1.60. The first kappa shape index (κ1) is 11.2. The minimum atomic E-state index is -2.71. The summed E-state index contributed by atoms with van der Waals surface area (Å²) >= 11 is 0. The van der Waals surface area contributed by atoms with E-state index < -0.39 is 11.6 Å². The first-order chi connectivity index (χ1) is 7.15. The number of nitrogens with zero attached hydrogens (tertiary/aromatic N) is 1. The van der Waals surface area contributed by atoms with Crippen molar-refractivity contribution >= 4 is 5.97 Å². The third-order valence-corrected chi connectivity index (χ3v) is 1.88. The molecule has 0 spiro atoms. The Balaban J connectivity index is 3.07. The van der Waals surface area contributed by atoms with Crippen molar-refractivity contribution in [1.82, 2.24) is 0 Å². The molecule has 1 aromatic carbocycles.